The van der Waals surface area contributed by atoms with E-state index in [4.69, 9.17) is 9.79 Å². The van der Waals surface area contributed by atoms with Crippen LogP contribution in [-0.4, -0.2) is 271 Å². The summed E-state index contributed by atoms with van der Waals surface area (Å²) in [6, 6.07) is 0. The summed E-state index contributed by atoms with van der Waals surface area (Å²) in [5.74, 6) is -3.13. The van der Waals surface area contributed by atoms with Crippen molar-refractivity contribution in [2.24, 2.45) is 17.8 Å². The third-order valence-corrected chi connectivity index (χ3v) is 23.7. The Labute approximate surface area is 619 Å². The second kappa shape index (κ2) is 55.3. The molecule has 0 spiro atoms. The normalized spacial score (nSPS) is 20.6. The van der Waals surface area contributed by atoms with Gasteiger partial charge in [0.15, 0.2) is 0 Å². The number of phosphoric acid groups is 14. The molecule has 0 radical (unpaired) electrons. The third-order valence-electron chi connectivity index (χ3n) is 10.1. The predicted molar refractivity (Wildman–Crippen MR) is 344 cm³/mol. The molecule has 0 aromatic carbocycles. The van der Waals surface area contributed by atoms with Crippen LogP contribution in [0, 0.1) is 17.8 Å². The molecule has 0 amide bonds. The van der Waals surface area contributed by atoms with E-state index in [-0.39, 0.29) is 13.2 Å². The Bertz CT molecular complexity index is 3320. The van der Waals surface area contributed by atoms with Crippen LogP contribution in [0.2, 0.25) is 0 Å². The summed E-state index contributed by atoms with van der Waals surface area (Å²) in [7, 11) is -70.0. The van der Waals surface area contributed by atoms with Gasteiger partial charge in [-0.2, -0.15) is 16.6 Å². The van der Waals surface area contributed by atoms with Crippen molar-refractivity contribution < 1.29 is 273 Å². The van der Waals surface area contributed by atoms with Crippen LogP contribution >= 0.6 is 110 Å². The van der Waals surface area contributed by atoms with Crippen molar-refractivity contribution in [3.63, 3.8) is 0 Å². The highest BCUT2D eigenvalue weighted by molar-refractivity contribution is 7.50. The molecule has 0 heterocycles. The quantitative estimate of drug-likeness (QED) is 0.0236. The minimum absolute atomic E-state index is 0.200. The van der Waals surface area contributed by atoms with Crippen LogP contribution < -0.4 is 16.6 Å². The van der Waals surface area contributed by atoms with E-state index in [1.165, 1.54) is 12.5 Å². The van der Waals surface area contributed by atoms with E-state index in [1.807, 2.05) is 0 Å². The second-order valence-electron chi connectivity index (χ2n) is 19.2. The van der Waals surface area contributed by atoms with Crippen LogP contribution in [0.5, 0.6) is 0 Å². The Kier molecular flexibility index (Phi) is 55.9. The van der Waals surface area contributed by atoms with Crippen LogP contribution in [0.25, 0.3) is 0 Å². The molecule has 0 aliphatic carbocycles. The van der Waals surface area contributed by atoms with E-state index >= 15 is 0 Å². The molecule has 0 aliphatic heterocycles. The maximum Gasteiger partial charge on any atom is 0.472 e. The molecule has 662 valence electrons. The monoisotopic (exact) mass is 1920 g/mol. The van der Waals surface area contributed by atoms with Crippen molar-refractivity contribution in [1.29, 1.82) is 0 Å². The van der Waals surface area contributed by atoms with Gasteiger partial charge in [0.2, 0.25) is 0 Å². The van der Waals surface area contributed by atoms with Crippen LogP contribution in [0.1, 0.15) is 6.92 Å². The van der Waals surface area contributed by atoms with Gasteiger partial charge in [-0.15, -0.1) is 13.4 Å². The molecule has 0 aliphatic rings. The van der Waals surface area contributed by atoms with Crippen LogP contribution in [-0.2, 0) is 186 Å². The van der Waals surface area contributed by atoms with Crippen molar-refractivity contribution in [2.75, 3.05) is 198 Å². The van der Waals surface area contributed by atoms with Gasteiger partial charge in [0.1, 0.15) is 0 Å². The van der Waals surface area contributed by atoms with Crippen molar-refractivity contribution in [2.45, 2.75) is 6.92 Å². The van der Waals surface area contributed by atoms with Gasteiger partial charge >= 0.3 is 110 Å². The lowest BCUT2D eigenvalue weighted by molar-refractivity contribution is 0.0647. The predicted octanol–water partition coefficient (Wildman–Crippen LogP) is 2.12. The number of hydrogen-bond acceptors (Lipinski definition) is 44. The summed E-state index contributed by atoms with van der Waals surface area (Å²) in [5.41, 5.74) is 3.58. The first kappa shape index (κ1) is 111. The van der Waals surface area contributed by atoms with E-state index in [0.29, 0.717) is 0 Å². The zero-order chi connectivity index (χ0) is 84.2. The molecule has 0 saturated heterocycles. The molecular formula is C34H84F3N3O56P14. The third kappa shape index (κ3) is 66.0. The van der Waals surface area contributed by atoms with Crippen molar-refractivity contribution in [3.8, 4) is 0 Å². The summed E-state index contributed by atoms with van der Waals surface area (Å²) in [6.45, 7) is -24.8. The first-order chi connectivity index (χ1) is 50.5. The Morgan fingerprint density at radius 1 is 0.200 bits per heavy atom. The van der Waals surface area contributed by atoms with Crippen molar-refractivity contribution in [3.05, 3.63) is 0 Å². The number of rotatable bonds is 76. The number of nitrogens with one attached hydrogen (secondary N) is 3. The Balaban J connectivity index is 4.39. The minimum Gasteiger partial charge on any atom is -0.303 e. The Morgan fingerprint density at radius 3 is 0.445 bits per heavy atom. The highest BCUT2D eigenvalue weighted by Crippen LogP contribution is 2.53. The molecule has 0 saturated carbocycles. The van der Waals surface area contributed by atoms with Gasteiger partial charge in [0.25, 0.3) is 0 Å². The van der Waals surface area contributed by atoms with E-state index in [1.54, 1.807) is 0 Å². The molecule has 0 fully saturated rings. The molecule has 16 unspecified atom stereocenters. The lowest BCUT2D eigenvalue weighted by atomic mass is 10.2. The standard InChI is InChI=1S/C34H84F3N3O56P14/c1-32(24-38-35)27-93-107(62,63)88-20-18-86-105(58,59)84-16-14-82-103(54,55)80-12-10-78-101(50,51)76-8-6-74-99(46,47)72-4-2-70-98(44,45)71-3-5-73-100(48,49)75-7-9-77-102(52,53)79-11-13-81-104(56,57)83-15-17-85-106(60,61)87-19-21-89-109(66,67)95-30-34(26-40-37)31-96-110(68,69)91-23-22-90-108(64,65)94-29-33(25-39-36)28-92-97(41,42)43/h32-34,38-40H,2-31H2,1H3,(H,44,45)(H,46,47)(H,48,49)(H,50,51)(H,52,53)(H,54,55)(H,56,57)(H,58,59)(H,60,61)(H,62,63)(H,64,65)(H,66,67)(H,68,69)(H2,41,42,43). The first-order valence-electron chi connectivity index (χ1n) is 29.3. The molecule has 0 bridgehead atoms. The Hall–Kier alpha value is 1.21. The molecule has 18 N–H and O–H groups in total. The topological polar surface area (TPSA) is 828 Å². The number of phosphoric ester groups is 14. The van der Waals surface area contributed by atoms with Crippen LogP contribution in [0.15, 0.2) is 0 Å². The minimum atomic E-state index is -5.12. The van der Waals surface area contributed by atoms with E-state index in [0.717, 1.165) is 11.1 Å². The zero-order valence-electron chi connectivity index (χ0n) is 56.3. The van der Waals surface area contributed by atoms with Gasteiger partial charge in [0.05, 0.1) is 178 Å². The first-order valence-corrected chi connectivity index (χ1v) is 50.2. The van der Waals surface area contributed by atoms with Gasteiger partial charge in [-0.05, 0) is 5.92 Å². The van der Waals surface area contributed by atoms with Crippen molar-refractivity contribution in [1.82, 2.24) is 16.6 Å². The SMILES string of the molecule is CC(CNF)COP(=O)(O)OCCOP(=O)(O)OCCOP(=O)(O)OCCOP(=O)(O)OCCOP(=O)(O)OCCOP(=O)(O)OCCOP(=O)(O)OCCOP(=O)(O)OCCOP(=O)(O)OCCOP(=O)(O)OCCOP(=O)(O)OCC(CNF)COP(=O)(O)OCCOP(=O)(O)OCC(CNF)COP(=O)(O)O. The summed E-state index contributed by atoms with van der Waals surface area (Å²) >= 11 is 0. The van der Waals surface area contributed by atoms with Crippen LogP contribution in [0.4, 0.5) is 13.4 Å². The van der Waals surface area contributed by atoms with Gasteiger partial charge in [-0.1, -0.05) is 6.92 Å². The number of hydrogen-bond donors (Lipinski definition) is 18. The van der Waals surface area contributed by atoms with Gasteiger partial charge < -0.3 is 73.4 Å². The Morgan fingerprint density at radius 2 is 0.318 bits per heavy atom. The molecular weight excluding hydrogens is 1840 g/mol. The van der Waals surface area contributed by atoms with E-state index < -0.39 is 312 Å². The summed E-state index contributed by atoms with van der Waals surface area (Å²) in [4.78, 5) is 144. The maximum absolute atomic E-state index is 12.9. The second-order valence-corrected chi connectivity index (χ2v) is 39.4. The molecule has 0 aromatic heterocycles. The average Bonchev–Trinajstić information content (AvgIpc) is 0.919. The molecule has 59 nitrogen and oxygen atoms in total. The highest BCUT2D eigenvalue weighted by atomic mass is 31.2. The summed E-state index contributed by atoms with van der Waals surface area (Å²) in [6.07, 6.45) is 0. The molecule has 110 heavy (non-hydrogen) atoms. The van der Waals surface area contributed by atoms with Gasteiger partial charge in [-0.25, -0.2) is 63.9 Å². The maximum atomic E-state index is 12.9. The molecule has 0 rings (SSSR count). The van der Waals surface area contributed by atoms with Crippen LogP contribution in [0.3, 0.4) is 0 Å². The summed E-state index contributed by atoms with van der Waals surface area (Å²) < 4.78 is 326. The number of halogens is 3. The van der Waals surface area contributed by atoms with E-state index in [2.05, 4.69) is 122 Å². The lowest BCUT2D eigenvalue weighted by Gasteiger charge is -2.20. The van der Waals surface area contributed by atoms with Crippen molar-refractivity contribution >= 4 is 110 Å². The van der Waals surface area contributed by atoms with E-state index in [9.17, 15) is 141 Å². The van der Waals surface area contributed by atoms with Gasteiger partial charge in [-0.3, -0.25) is 122 Å². The summed E-state index contributed by atoms with van der Waals surface area (Å²) in [5, 5.41) is 0. The fourth-order valence-corrected chi connectivity index (χ4v) is 15.3. The smallest absolute Gasteiger partial charge is 0.303 e. The zero-order valence-corrected chi connectivity index (χ0v) is 68.8. The molecule has 16 atom stereocenters. The fourth-order valence-electron chi connectivity index (χ4n) is 5.61. The largest absolute Gasteiger partial charge is 0.472 e. The highest BCUT2D eigenvalue weighted by Gasteiger charge is 2.35. The lowest BCUT2D eigenvalue weighted by Crippen LogP contribution is -2.25. The molecule has 0 aromatic rings. The molecule has 76 heteroatoms. The average molecular weight is 1920 g/mol. The fraction of sp³-hybridized carbons (Fsp3) is 1.00. The van der Waals surface area contributed by atoms with Gasteiger partial charge in [0, 0.05) is 31.5 Å².